The Morgan fingerprint density at radius 3 is 2.77 bits per heavy atom. The third-order valence-corrected chi connectivity index (χ3v) is 6.12. The Bertz CT molecular complexity index is 1120. The Morgan fingerprint density at radius 1 is 1.23 bits per heavy atom. The Kier molecular flexibility index (Phi) is 5.14. The Balaban J connectivity index is 1.39. The van der Waals surface area contributed by atoms with Crippen molar-refractivity contribution in [2.45, 2.75) is 59.1 Å². The molecule has 1 N–H and O–H groups in total. The second-order valence-electron chi connectivity index (χ2n) is 8.66. The normalized spacial score (nSPS) is 17.5. The quantitative estimate of drug-likeness (QED) is 0.683. The van der Waals surface area contributed by atoms with Crippen molar-refractivity contribution in [3.05, 3.63) is 57.9 Å². The van der Waals surface area contributed by atoms with Crippen LogP contribution < -0.4 is 5.32 Å². The molecule has 0 spiro atoms. The second-order valence-corrected chi connectivity index (χ2v) is 8.66. The van der Waals surface area contributed by atoms with E-state index in [1.807, 2.05) is 25.5 Å². The summed E-state index contributed by atoms with van der Waals surface area (Å²) in [7, 11) is 0. The molecule has 0 saturated carbocycles. The summed E-state index contributed by atoms with van der Waals surface area (Å²) in [6.07, 6.45) is 5.91. The molecule has 7 heteroatoms. The van der Waals surface area contributed by atoms with E-state index in [0.717, 1.165) is 66.3 Å². The first-order valence-corrected chi connectivity index (χ1v) is 11.0. The zero-order valence-electron chi connectivity index (χ0n) is 18.3. The topological polar surface area (TPSA) is 82.2 Å². The van der Waals surface area contributed by atoms with Crippen molar-refractivity contribution in [2.24, 2.45) is 0 Å². The molecule has 4 heterocycles. The number of rotatable bonds is 5. The lowest BCUT2D eigenvalue weighted by Gasteiger charge is -2.10. The number of furan rings is 1. The molecule has 31 heavy (non-hydrogen) atoms. The molecule has 0 unspecified atom stereocenters. The van der Waals surface area contributed by atoms with Crippen LogP contribution in [0.15, 0.2) is 22.7 Å². The number of pyridine rings is 1. The largest absolute Gasteiger partial charge is 0.455 e. The lowest BCUT2D eigenvalue weighted by molar-refractivity contribution is 0.0833. The van der Waals surface area contributed by atoms with Gasteiger partial charge in [-0.25, -0.2) is 0 Å². The van der Waals surface area contributed by atoms with Crippen LogP contribution in [0.2, 0.25) is 0 Å². The number of hydrogen-bond acceptors (Lipinski definition) is 5. The number of fused-ring (bicyclic) bond motifs is 3. The zero-order chi connectivity index (χ0) is 21.5. The standard InChI is InChI=1S/C24H28N4O3/c1-14-9-17(10-15(2)26-14)12-28-13-18-6-7-20-21(22(18)27-28)16(3)23(31-20)24(29)25-11-19-5-4-8-30-19/h9-10,13,19H,4-8,11-12H2,1-3H3,(H,25,29)/t19-/m0/s1. The number of hydrogen-bond donors (Lipinski definition) is 1. The molecule has 3 aromatic rings. The van der Waals surface area contributed by atoms with E-state index in [9.17, 15) is 4.79 Å². The number of carbonyl (C=O) groups is 1. The minimum atomic E-state index is -0.175. The lowest BCUT2D eigenvalue weighted by atomic mass is 9.93. The molecule has 1 fully saturated rings. The Morgan fingerprint density at radius 2 is 2.03 bits per heavy atom. The van der Waals surface area contributed by atoms with E-state index in [1.54, 1.807) is 0 Å². The summed E-state index contributed by atoms with van der Waals surface area (Å²) in [5, 5.41) is 7.85. The molecule has 1 atom stereocenters. The number of amides is 1. The van der Waals surface area contributed by atoms with Gasteiger partial charge in [0.05, 0.1) is 18.3 Å². The van der Waals surface area contributed by atoms with Crippen LogP contribution in [-0.4, -0.2) is 39.9 Å². The molecule has 1 aliphatic carbocycles. The van der Waals surface area contributed by atoms with Crippen LogP contribution in [0.1, 0.15) is 57.2 Å². The van der Waals surface area contributed by atoms with E-state index >= 15 is 0 Å². The predicted octanol–water partition coefficient (Wildman–Crippen LogP) is 3.52. The average Bonchev–Trinajstić information content (AvgIpc) is 3.43. The molecule has 2 aliphatic rings. The third kappa shape index (κ3) is 3.90. The fraction of sp³-hybridized carbons (Fsp3) is 0.458. The minimum absolute atomic E-state index is 0.108. The number of ether oxygens (including phenoxy) is 1. The van der Waals surface area contributed by atoms with Crippen LogP contribution in [-0.2, 0) is 24.1 Å². The average molecular weight is 421 g/mol. The Labute approximate surface area is 181 Å². The number of nitrogens with zero attached hydrogens (tertiary/aromatic N) is 3. The molecule has 1 amide bonds. The van der Waals surface area contributed by atoms with E-state index in [2.05, 4.69) is 28.6 Å². The van der Waals surface area contributed by atoms with E-state index in [0.29, 0.717) is 18.8 Å². The predicted molar refractivity (Wildman–Crippen MR) is 116 cm³/mol. The molecule has 162 valence electrons. The maximum atomic E-state index is 12.8. The first-order chi connectivity index (χ1) is 15.0. The van der Waals surface area contributed by atoms with Crippen molar-refractivity contribution in [1.82, 2.24) is 20.1 Å². The summed E-state index contributed by atoms with van der Waals surface area (Å²) in [4.78, 5) is 17.2. The van der Waals surface area contributed by atoms with Gasteiger partial charge in [-0.1, -0.05) is 0 Å². The van der Waals surface area contributed by atoms with E-state index < -0.39 is 0 Å². The van der Waals surface area contributed by atoms with Crippen LogP contribution >= 0.6 is 0 Å². The highest BCUT2D eigenvalue weighted by Crippen LogP contribution is 2.38. The summed E-state index contributed by atoms with van der Waals surface area (Å²) >= 11 is 0. The lowest BCUT2D eigenvalue weighted by Crippen LogP contribution is -2.31. The smallest absolute Gasteiger partial charge is 0.287 e. The molecule has 7 nitrogen and oxygen atoms in total. The first kappa shape index (κ1) is 20.0. The summed E-state index contributed by atoms with van der Waals surface area (Å²) in [6, 6.07) is 4.19. The summed E-state index contributed by atoms with van der Waals surface area (Å²) in [5.74, 6) is 1.07. The molecular weight excluding hydrogens is 392 g/mol. The molecule has 1 saturated heterocycles. The molecular formula is C24H28N4O3. The van der Waals surface area contributed by atoms with Crippen LogP contribution in [0.4, 0.5) is 0 Å². The SMILES string of the molecule is Cc1cc(Cn2cc3c(n2)-c2c(oc(C(=O)NC[C@@H]4CCCO4)c2C)CC3)cc(C)n1. The van der Waals surface area contributed by atoms with E-state index in [4.69, 9.17) is 14.3 Å². The van der Waals surface area contributed by atoms with Crippen molar-refractivity contribution in [3.8, 4) is 11.3 Å². The van der Waals surface area contributed by atoms with Gasteiger partial charge in [-0.15, -0.1) is 0 Å². The maximum Gasteiger partial charge on any atom is 0.287 e. The van der Waals surface area contributed by atoms with E-state index in [-0.39, 0.29) is 12.0 Å². The van der Waals surface area contributed by atoms with Gasteiger partial charge in [-0.3, -0.25) is 14.5 Å². The molecule has 5 rings (SSSR count). The van der Waals surface area contributed by atoms with Crippen molar-refractivity contribution in [2.75, 3.05) is 13.2 Å². The van der Waals surface area contributed by atoms with Gasteiger partial charge in [0.15, 0.2) is 5.76 Å². The highest BCUT2D eigenvalue weighted by molar-refractivity contribution is 5.95. The van der Waals surface area contributed by atoms with Gasteiger partial charge < -0.3 is 14.5 Å². The summed E-state index contributed by atoms with van der Waals surface area (Å²) in [6.45, 7) is 7.96. The fourth-order valence-corrected chi connectivity index (χ4v) is 4.75. The van der Waals surface area contributed by atoms with Crippen LogP contribution in [0, 0.1) is 20.8 Å². The van der Waals surface area contributed by atoms with Gasteiger partial charge in [0.25, 0.3) is 5.91 Å². The van der Waals surface area contributed by atoms with Crippen molar-refractivity contribution >= 4 is 5.91 Å². The van der Waals surface area contributed by atoms with Gasteiger partial charge >= 0.3 is 0 Å². The minimum Gasteiger partial charge on any atom is -0.455 e. The number of nitrogens with one attached hydrogen (secondary N) is 1. The fourth-order valence-electron chi connectivity index (χ4n) is 4.75. The Hall–Kier alpha value is -2.93. The van der Waals surface area contributed by atoms with Gasteiger partial charge in [0.1, 0.15) is 5.76 Å². The van der Waals surface area contributed by atoms with Crippen molar-refractivity contribution < 1.29 is 13.9 Å². The summed E-state index contributed by atoms with van der Waals surface area (Å²) in [5.41, 5.74) is 7.18. The van der Waals surface area contributed by atoms with Gasteiger partial charge in [-0.2, -0.15) is 5.10 Å². The highest BCUT2D eigenvalue weighted by atomic mass is 16.5. The van der Waals surface area contributed by atoms with Crippen molar-refractivity contribution in [1.29, 1.82) is 0 Å². The maximum absolute atomic E-state index is 12.8. The van der Waals surface area contributed by atoms with Gasteiger partial charge in [-0.05, 0) is 63.3 Å². The zero-order valence-corrected chi connectivity index (χ0v) is 18.3. The second kappa shape index (κ2) is 7.96. The molecule has 0 aromatic carbocycles. The highest BCUT2D eigenvalue weighted by Gasteiger charge is 2.30. The molecule has 3 aromatic heterocycles. The molecule has 0 radical (unpaired) electrons. The third-order valence-electron chi connectivity index (χ3n) is 6.12. The monoisotopic (exact) mass is 420 g/mol. The van der Waals surface area contributed by atoms with Crippen LogP contribution in [0.25, 0.3) is 11.3 Å². The van der Waals surface area contributed by atoms with Crippen molar-refractivity contribution in [3.63, 3.8) is 0 Å². The molecule has 1 aliphatic heterocycles. The number of aryl methyl sites for hydroxylation is 4. The van der Waals surface area contributed by atoms with E-state index in [1.165, 1.54) is 11.1 Å². The van der Waals surface area contributed by atoms with Gasteiger partial charge in [0.2, 0.25) is 0 Å². The molecule has 0 bridgehead atoms. The van der Waals surface area contributed by atoms with Crippen LogP contribution in [0.5, 0.6) is 0 Å². The number of aromatic nitrogens is 3. The number of carbonyl (C=O) groups excluding carboxylic acids is 1. The van der Waals surface area contributed by atoms with Gasteiger partial charge in [0, 0.05) is 48.3 Å². The van der Waals surface area contributed by atoms with Crippen LogP contribution in [0.3, 0.4) is 0 Å². The first-order valence-electron chi connectivity index (χ1n) is 11.0. The summed E-state index contributed by atoms with van der Waals surface area (Å²) < 4.78 is 13.6.